The molecule has 1 aliphatic heterocycles. The quantitative estimate of drug-likeness (QED) is 0.939. The molecule has 0 aliphatic carbocycles. The molecule has 1 heterocycles. The van der Waals surface area contributed by atoms with Gasteiger partial charge in [0.1, 0.15) is 28.8 Å². The monoisotopic (exact) mass is 308 g/mol. The first-order chi connectivity index (χ1) is 10.9. The molecule has 3 rings (SSSR count). The van der Waals surface area contributed by atoms with E-state index in [1.165, 1.54) is 6.92 Å². The maximum Gasteiger partial charge on any atom is 0.146 e. The lowest BCUT2D eigenvalue weighted by atomic mass is 9.68. The van der Waals surface area contributed by atoms with E-state index in [0.29, 0.717) is 23.5 Å². The molecule has 3 nitrogen and oxygen atoms in total. The summed E-state index contributed by atoms with van der Waals surface area (Å²) in [6.45, 7) is 7.39. The van der Waals surface area contributed by atoms with Gasteiger partial charge in [-0.3, -0.25) is 4.79 Å². The first-order valence-electron chi connectivity index (χ1n) is 7.66. The normalized spacial score (nSPS) is 23.1. The smallest absolute Gasteiger partial charge is 0.146 e. The molecule has 0 unspecified atom stereocenters. The van der Waals surface area contributed by atoms with Crippen LogP contribution in [0.25, 0.3) is 0 Å². The van der Waals surface area contributed by atoms with Crippen molar-refractivity contribution in [3.63, 3.8) is 0 Å². The number of Topliss-reactive ketones (excluding diaryl/α,β-unsaturated/α-hetero) is 1. The number of aliphatic hydroxyl groups is 1. The summed E-state index contributed by atoms with van der Waals surface area (Å²) in [4.78, 5) is 12.5. The summed E-state index contributed by atoms with van der Waals surface area (Å²) in [5, 5.41) is 11.0. The average molecular weight is 308 g/mol. The summed E-state index contributed by atoms with van der Waals surface area (Å²) in [5.74, 6) is 0.724. The van der Waals surface area contributed by atoms with Crippen LogP contribution in [-0.4, -0.2) is 10.9 Å². The topological polar surface area (TPSA) is 46.5 Å². The molecule has 1 N–H and O–H groups in total. The largest absolute Gasteiger partial charge is 0.461 e. The molecule has 2 atom stereocenters. The maximum absolute atomic E-state index is 12.5. The minimum Gasteiger partial charge on any atom is -0.461 e. The van der Waals surface area contributed by atoms with Crippen LogP contribution in [0.5, 0.6) is 5.75 Å². The number of aryl methyl sites for hydroxylation is 1. The van der Waals surface area contributed by atoms with Crippen molar-refractivity contribution < 1.29 is 14.6 Å². The first kappa shape index (κ1) is 15.5. The third-order valence-electron chi connectivity index (χ3n) is 4.61. The van der Waals surface area contributed by atoms with E-state index in [9.17, 15) is 9.90 Å². The molecule has 0 radical (unpaired) electrons. The van der Waals surface area contributed by atoms with Crippen LogP contribution < -0.4 is 4.74 Å². The number of carbonyl (C=O) groups is 1. The van der Waals surface area contributed by atoms with Crippen molar-refractivity contribution in [1.82, 2.24) is 0 Å². The second kappa shape index (κ2) is 5.67. The van der Waals surface area contributed by atoms with E-state index >= 15 is 0 Å². The zero-order valence-electron chi connectivity index (χ0n) is 13.4. The van der Waals surface area contributed by atoms with E-state index in [0.717, 1.165) is 11.1 Å². The van der Waals surface area contributed by atoms with Gasteiger partial charge in [-0.25, -0.2) is 0 Å². The van der Waals surface area contributed by atoms with Gasteiger partial charge in [0.2, 0.25) is 0 Å². The van der Waals surface area contributed by atoms with E-state index < -0.39 is 11.5 Å². The van der Waals surface area contributed by atoms with Crippen molar-refractivity contribution in [2.75, 3.05) is 0 Å². The molecule has 0 amide bonds. The van der Waals surface area contributed by atoms with Crippen molar-refractivity contribution in [1.29, 1.82) is 0 Å². The first-order valence-corrected chi connectivity index (χ1v) is 7.66. The van der Waals surface area contributed by atoms with E-state index in [4.69, 9.17) is 4.74 Å². The summed E-state index contributed by atoms with van der Waals surface area (Å²) in [6.07, 6.45) is -0.618. The minimum atomic E-state index is -1.16. The zero-order chi connectivity index (χ0) is 16.6. The Morgan fingerprint density at radius 2 is 1.96 bits per heavy atom. The molecular weight excluding hydrogens is 288 g/mol. The zero-order valence-corrected chi connectivity index (χ0v) is 13.4. The predicted octanol–water partition coefficient (Wildman–Crippen LogP) is 3.75. The Kier molecular flexibility index (Phi) is 3.82. The lowest BCUT2D eigenvalue weighted by molar-refractivity contribution is -0.133. The number of benzene rings is 2. The van der Waals surface area contributed by atoms with Gasteiger partial charge in [0.05, 0.1) is 0 Å². The van der Waals surface area contributed by atoms with Crippen LogP contribution in [-0.2, 0) is 11.2 Å². The Morgan fingerprint density at radius 3 is 2.61 bits per heavy atom. The van der Waals surface area contributed by atoms with E-state index in [1.54, 1.807) is 0 Å². The van der Waals surface area contributed by atoms with Crippen LogP contribution in [0.1, 0.15) is 29.7 Å². The summed E-state index contributed by atoms with van der Waals surface area (Å²) in [6, 6.07) is 15.2. The van der Waals surface area contributed by atoms with E-state index in [1.807, 2.05) is 55.5 Å². The van der Waals surface area contributed by atoms with E-state index in [2.05, 4.69) is 6.58 Å². The van der Waals surface area contributed by atoms with Crippen molar-refractivity contribution in [2.45, 2.75) is 26.4 Å². The van der Waals surface area contributed by atoms with Crippen LogP contribution in [0, 0.1) is 12.3 Å². The standard InChI is InChI=1S/C20H20O3/c1-13-9-10-18-17(11-13)19(22)20(14(2)21,15(3)23-18)12-16-7-5-4-6-8-16/h4-11,19,22H,3,12H2,1-2H3/t19-,20-/m0/s1. The van der Waals surface area contributed by atoms with Gasteiger partial charge in [-0.2, -0.15) is 0 Å². The molecule has 0 spiro atoms. The van der Waals surface area contributed by atoms with Crippen LogP contribution in [0.2, 0.25) is 0 Å². The Morgan fingerprint density at radius 1 is 1.26 bits per heavy atom. The summed E-state index contributed by atoms with van der Waals surface area (Å²) in [5.41, 5.74) is 1.45. The van der Waals surface area contributed by atoms with Gasteiger partial charge < -0.3 is 9.84 Å². The number of aliphatic hydroxyl groups excluding tert-OH is 1. The average Bonchev–Trinajstić information content (AvgIpc) is 2.53. The molecular formula is C20H20O3. The predicted molar refractivity (Wildman–Crippen MR) is 89.2 cm³/mol. The second-order valence-electron chi connectivity index (χ2n) is 6.16. The number of hydrogen-bond acceptors (Lipinski definition) is 3. The van der Waals surface area contributed by atoms with Crippen LogP contribution in [0.4, 0.5) is 0 Å². The Hall–Kier alpha value is -2.39. The number of carbonyl (C=O) groups excluding carboxylic acids is 1. The van der Waals surface area contributed by atoms with Gasteiger partial charge in [-0.15, -0.1) is 0 Å². The molecule has 2 aromatic carbocycles. The molecule has 0 bridgehead atoms. The number of ether oxygens (including phenoxy) is 1. The lowest BCUT2D eigenvalue weighted by Gasteiger charge is -2.41. The maximum atomic E-state index is 12.5. The molecule has 1 aliphatic rings. The third kappa shape index (κ3) is 2.47. The van der Waals surface area contributed by atoms with Crippen LogP contribution in [0.3, 0.4) is 0 Å². The SMILES string of the molecule is C=C1Oc2ccc(C)cc2[C@H](O)[C@@]1(Cc1ccccc1)C(C)=O. The summed E-state index contributed by atoms with van der Waals surface area (Å²) < 4.78 is 5.83. The third-order valence-corrected chi connectivity index (χ3v) is 4.61. The second-order valence-corrected chi connectivity index (χ2v) is 6.16. The molecule has 0 saturated heterocycles. The highest BCUT2D eigenvalue weighted by Crippen LogP contribution is 2.50. The molecule has 23 heavy (non-hydrogen) atoms. The summed E-state index contributed by atoms with van der Waals surface area (Å²) in [7, 11) is 0. The van der Waals surface area contributed by atoms with Crippen molar-refractivity contribution in [3.8, 4) is 5.75 Å². The highest BCUT2D eigenvalue weighted by Gasteiger charge is 2.51. The molecule has 0 fully saturated rings. The van der Waals surface area contributed by atoms with Crippen molar-refractivity contribution in [3.05, 3.63) is 77.6 Å². The Balaban J connectivity index is 2.12. The molecule has 0 saturated carbocycles. The number of ketones is 1. The van der Waals surface area contributed by atoms with Gasteiger partial charge in [0.15, 0.2) is 0 Å². The molecule has 118 valence electrons. The fourth-order valence-electron chi connectivity index (χ4n) is 3.24. The van der Waals surface area contributed by atoms with Crippen LogP contribution in [0.15, 0.2) is 60.9 Å². The Bertz CT molecular complexity index is 764. The van der Waals surface area contributed by atoms with Gasteiger partial charge in [-0.05, 0) is 38.0 Å². The summed E-state index contributed by atoms with van der Waals surface area (Å²) >= 11 is 0. The molecule has 2 aromatic rings. The lowest BCUT2D eigenvalue weighted by Crippen LogP contribution is -2.44. The highest BCUT2D eigenvalue weighted by molar-refractivity contribution is 5.87. The van der Waals surface area contributed by atoms with Crippen LogP contribution >= 0.6 is 0 Å². The fourth-order valence-corrected chi connectivity index (χ4v) is 3.24. The van der Waals surface area contributed by atoms with Crippen molar-refractivity contribution in [2.24, 2.45) is 5.41 Å². The van der Waals surface area contributed by atoms with Gasteiger partial charge in [0.25, 0.3) is 0 Å². The molecule has 0 aromatic heterocycles. The van der Waals surface area contributed by atoms with Gasteiger partial charge in [-0.1, -0.05) is 48.5 Å². The van der Waals surface area contributed by atoms with Gasteiger partial charge in [0, 0.05) is 5.56 Å². The minimum absolute atomic E-state index is 0.147. The number of hydrogen-bond donors (Lipinski definition) is 1. The molecule has 3 heteroatoms. The van der Waals surface area contributed by atoms with Crippen molar-refractivity contribution >= 4 is 5.78 Å². The number of fused-ring (bicyclic) bond motifs is 1. The highest BCUT2D eigenvalue weighted by atomic mass is 16.5. The Labute approximate surface area is 136 Å². The number of rotatable bonds is 3. The van der Waals surface area contributed by atoms with Gasteiger partial charge >= 0.3 is 0 Å². The van der Waals surface area contributed by atoms with E-state index in [-0.39, 0.29) is 5.78 Å². The fraction of sp³-hybridized carbons (Fsp3) is 0.250.